The van der Waals surface area contributed by atoms with E-state index in [4.69, 9.17) is 33.7 Å². The molecule has 0 aliphatic carbocycles. The van der Waals surface area contributed by atoms with Crippen LogP contribution in [-0.4, -0.2) is 45.4 Å². The lowest BCUT2D eigenvalue weighted by Crippen LogP contribution is -2.16. The zero-order chi connectivity index (χ0) is 24.3. The van der Waals surface area contributed by atoms with Gasteiger partial charge >= 0.3 is 5.97 Å². The van der Waals surface area contributed by atoms with Crippen LogP contribution in [0.15, 0.2) is 23.4 Å². The fourth-order valence-electron chi connectivity index (χ4n) is 3.03. The number of nitrogens with zero attached hydrogens (tertiary/aromatic N) is 3. The Morgan fingerprint density at radius 3 is 2.61 bits per heavy atom. The van der Waals surface area contributed by atoms with Crippen LogP contribution in [0.3, 0.4) is 0 Å². The summed E-state index contributed by atoms with van der Waals surface area (Å²) in [6, 6.07) is 5.08. The Bertz CT molecular complexity index is 1240. The standard InChI is InChI=1S/C20H19Cl2N5O4S2/c1-4-27-17(11-6-5-10(21)7-12(11)22)25-26-20(27)32-8-13(28)24-18-14(19(30)31-3)9(2)15(33-18)16(23)29/h5-7H,4,8H2,1-3H3,(H2,23,29)(H,24,28). The number of thioether (sulfide) groups is 1. The summed E-state index contributed by atoms with van der Waals surface area (Å²) in [6.07, 6.45) is 0. The predicted octanol–water partition coefficient (Wildman–Crippen LogP) is 4.26. The second-order valence-electron chi connectivity index (χ2n) is 6.63. The van der Waals surface area contributed by atoms with Crippen LogP contribution in [0.4, 0.5) is 5.00 Å². The number of nitrogens with one attached hydrogen (secondary N) is 1. The summed E-state index contributed by atoms with van der Waals surface area (Å²) in [5.41, 5.74) is 6.50. The molecule has 9 nitrogen and oxygen atoms in total. The number of thiophene rings is 1. The van der Waals surface area contributed by atoms with Crippen LogP contribution in [0.2, 0.25) is 10.0 Å². The zero-order valence-electron chi connectivity index (χ0n) is 17.8. The van der Waals surface area contributed by atoms with Crippen LogP contribution in [0, 0.1) is 6.92 Å². The average molecular weight is 528 g/mol. The van der Waals surface area contributed by atoms with Gasteiger partial charge in [0.2, 0.25) is 5.91 Å². The third kappa shape index (κ3) is 5.32. The highest BCUT2D eigenvalue weighted by molar-refractivity contribution is 7.99. The van der Waals surface area contributed by atoms with Crippen molar-refractivity contribution in [3.8, 4) is 11.4 Å². The Morgan fingerprint density at radius 1 is 1.27 bits per heavy atom. The third-order valence-electron chi connectivity index (χ3n) is 4.55. The van der Waals surface area contributed by atoms with Crippen molar-refractivity contribution < 1.29 is 19.1 Å². The van der Waals surface area contributed by atoms with E-state index in [0.29, 0.717) is 38.7 Å². The van der Waals surface area contributed by atoms with Gasteiger partial charge in [-0.1, -0.05) is 35.0 Å². The number of carbonyl (C=O) groups excluding carboxylic acids is 3. The minimum atomic E-state index is -0.693. The van der Waals surface area contributed by atoms with Crippen LogP contribution >= 0.6 is 46.3 Å². The first-order valence-corrected chi connectivity index (χ1v) is 12.1. The van der Waals surface area contributed by atoms with Crippen LogP contribution in [-0.2, 0) is 16.1 Å². The van der Waals surface area contributed by atoms with Crippen LogP contribution < -0.4 is 11.1 Å². The maximum Gasteiger partial charge on any atom is 0.341 e. The van der Waals surface area contributed by atoms with Crippen molar-refractivity contribution in [2.24, 2.45) is 5.73 Å². The Hall–Kier alpha value is -2.60. The molecule has 33 heavy (non-hydrogen) atoms. The molecule has 3 aromatic rings. The average Bonchev–Trinajstić information content (AvgIpc) is 3.32. The number of methoxy groups -OCH3 is 1. The fourth-order valence-corrected chi connectivity index (χ4v) is 5.39. The number of ether oxygens (including phenoxy) is 1. The molecular formula is C20H19Cl2N5O4S2. The maximum atomic E-state index is 12.6. The van der Waals surface area contributed by atoms with Gasteiger partial charge in [-0.15, -0.1) is 21.5 Å². The van der Waals surface area contributed by atoms with Gasteiger partial charge < -0.3 is 20.4 Å². The molecule has 0 spiro atoms. The molecule has 13 heteroatoms. The second kappa shape index (κ2) is 10.6. The van der Waals surface area contributed by atoms with Gasteiger partial charge in [-0.3, -0.25) is 9.59 Å². The van der Waals surface area contributed by atoms with Crippen LogP contribution in [0.25, 0.3) is 11.4 Å². The van der Waals surface area contributed by atoms with E-state index in [-0.39, 0.29) is 21.2 Å². The van der Waals surface area contributed by atoms with E-state index in [1.54, 1.807) is 25.1 Å². The normalized spacial score (nSPS) is 10.8. The first-order chi connectivity index (χ1) is 15.7. The van der Waals surface area contributed by atoms with Crippen molar-refractivity contribution in [2.45, 2.75) is 25.5 Å². The summed E-state index contributed by atoms with van der Waals surface area (Å²) in [5.74, 6) is -1.23. The molecule has 0 saturated carbocycles. The molecule has 0 bridgehead atoms. The van der Waals surface area contributed by atoms with Crippen LogP contribution in [0.1, 0.15) is 32.5 Å². The topological polar surface area (TPSA) is 129 Å². The van der Waals surface area contributed by atoms with E-state index in [9.17, 15) is 14.4 Å². The predicted molar refractivity (Wildman–Crippen MR) is 129 cm³/mol. The smallest absolute Gasteiger partial charge is 0.341 e. The van der Waals surface area contributed by atoms with Gasteiger partial charge in [-0.2, -0.15) is 0 Å². The monoisotopic (exact) mass is 527 g/mol. The summed E-state index contributed by atoms with van der Waals surface area (Å²) in [4.78, 5) is 36.6. The number of benzene rings is 1. The van der Waals surface area contributed by atoms with Gasteiger partial charge in [0.15, 0.2) is 11.0 Å². The van der Waals surface area contributed by atoms with E-state index in [0.717, 1.165) is 11.3 Å². The van der Waals surface area contributed by atoms with E-state index in [1.165, 1.54) is 18.9 Å². The number of halogens is 2. The molecule has 0 fully saturated rings. The molecule has 2 heterocycles. The van der Waals surface area contributed by atoms with E-state index in [1.807, 2.05) is 11.5 Å². The summed E-state index contributed by atoms with van der Waals surface area (Å²) >= 11 is 14.4. The van der Waals surface area contributed by atoms with Crippen molar-refractivity contribution >= 4 is 69.1 Å². The van der Waals surface area contributed by atoms with Crippen molar-refractivity contribution in [2.75, 3.05) is 18.2 Å². The van der Waals surface area contributed by atoms with Gasteiger partial charge in [0.25, 0.3) is 5.91 Å². The molecule has 0 radical (unpaired) electrons. The number of hydrogen-bond acceptors (Lipinski definition) is 8. The highest BCUT2D eigenvalue weighted by atomic mass is 35.5. The van der Waals surface area contributed by atoms with Gasteiger partial charge in [-0.25, -0.2) is 4.79 Å². The molecule has 0 unspecified atom stereocenters. The lowest BCUT2D eigenvalue weighted by atomic mass is 10.1. The SMILES string of the molecule is CCn1c(SCC(=O)Nc2sc(C(N)=O)c(C)c2C(=O)OC)nnc1-c1ccc(Cl)cc1Cl. The molecule has 2 aromatic heterocycles. The number of carbonyl (C=O) groups is 3. The molecule has 2 amide bonds. The Morgan fingerprint density at radius 2 is 2.00 bits per heavy atom. The summed E-state index contributed by atoms with van der Waals surface area (Å²) in [7, 11) is 1.22. The second-order valence-corrected chi connectivity index (χ2v) is 9.43. The molecule has 0 aliphatic heterocycles. The molecular weight excluding hydrogens is 509 g/mol. The van der Waals surface area contributed by atoms with Gasteiger partial charge in [0, 0.05) is 17.1 Å². The highest BCUT2D eigenvalue weighted by Crippen LogP contribution is 2.34. The number of anilines is 1. The Balaban J connectivity index is 1.79. The minimum Gasteiger partial charge on any atom is -0.465 e. The van der Waals surface area contributed by atoms with Crippen LogP contribution in [0.5, 0.6) is 0 Å². The molecule has 3 N–H and O–H groups in total. The fraction of sp³-hybridized carbons (Fsp3) is 0.250. The van der Waals surface area contributed by atoms with Crippen molar-refractivity contribution in [3.05, 3.63) is 44.2 Å². The first-order valence-electron chi connectivity index (χ1n) is 9.50. The lowest BCUT2D eigenvalue weighted by molar-refractivity contribution is -0.113. The third-order valence-corrected chi connectivity index (χ3v) is 7.29. The lowest BCUT2D eigenvalue weighted by Gasteiger charge is -2.09. The van der Waals surface area contributed by atoms with Gasteiger partial charge in [-0.05, 0) is 37.6 Å². The molecule has 0 atom stereocenters. The molecule has 0 aliphatic rings. The Kier molecular flexibility index (Phi) is 8.01. The zero-order valence-corrected chi connectivity index (χ0v) is 20.9. The van der Waals surface area contributed by atoms with E-state index < -0.39 is 17.8 Å². The first kappa shape index (κ1) is 25.0. The number of hydrogen-bond donors (Lipinski definition) is 2. The number of rotatable bonds is 8. The molecule has 3 rings (SSSR count). The molecule has 1 aromatic carbocycles. The van der Waals surface area contributed by atoms with Crippen molar-refractivity contribution in [1.82, 2.24) is 14.8 Å². The van der Waals surface area contributed by atoms with E-state index >= 15 is 0 Å². The summed E-state index contributed by atoms with van der Waals surface area (Å²) in [6.45, 7) is 4.04. The van der Waals surface area contributed by atoms with Gasteiger partial charge in [0.05, 0.1) is 28.3 Å². The Labute approximate surface area is 207 Å². The number of esters is 1. The van der Waals surface area contributed by atoms with E-state index in [2.05, 4.69) is 15.5 Å². The highest BCUT2D eigenvalue weighted by Gasteiger charge is 2.25. The quantitative estimate of drug-likeness (QED) is 0.330. The summed E-state index contributed by atoms with van der Waals surface area (Å²) < 4.78 is 6.60. The number of primary amides is 1. The minimum absolute atomic E-state index is 0.0179. The number of nitrogens with two attached hydrogens (primary N) is 1. The largest absolute Gasteiger partial charge is 0.465 e. The number of aromatic nitrogens is 3. The molecule has 174 valence electrons. The molecule has 0 saturated heterocycles. The van der Waals surface area contributed by atoms with Gasteiger partial charge in [0.1, 0.15) is 5.00 Å². The van der Waals surface area contributed by atoms with Crippen molar-refractivity contribution in [3.63, 3.8) is 0 Å². The summed E-state index contributed by atoms with van der Waals surface area (Å²) in [5, 5.41) is 12.7. The number of amides is 2. The van der Waals surface area contributed by atoms with Crippen molar-refractivity contribution in [1.29, 1.82) is 0 Å². The maximum absolute atomic E-state index is 12.6.